The highest BCUT2D eigenvalue weighted by molar-refractivity contribution is 6.60. The zero-order valence-electron chi connectivity index (χ0n) is 7.54. The summed E-state index contributed by atoms with van der Waals surface area (Å²) >= 11 is 5.43. The van der Waals surface area contributed by atoms with Gasteiger partial charge in [0.15, 0.2) is 0 Å². The lowest BCUT2D eigenvalue weighted by atomic mass is 10.5. The van der Waals surface area contributed by atoms with Gasteiger partial charge in [0.1, 0.15) is 0 Å². The molecule has 0 fully saturated rings. The smallest absolute Gasteiger partial charge is 0.392 e. The second kappa shape index (κ2) is 5.90. The largest absolute Gasteiger partial charge is 0.502 e. The van der Waals surface area contributed by atoms with E-state index in [4.69, 9.17) is 24.9 Å². The van der Waals surface area contributed by atoms with Crippen LogP contribution in [0.2, 0.25) is 6.04 Å². The van der Waals surface area contributed by atoms with Crippen LogP contribution in [0.5, 0.6) is 0 Å². The van der Waals surface area contributed by atoms with Crippen molar-refractivity contribution >= 4 is 20.4 Å². The van der Waals surface area contributed by atoms with Gasteiger partial charge in [-0.2, -0.15) is 0 Å². The van der Waals surface area contributed by atoms with Gasteiger partial charge in [0, 0.05) is 33.3 Å². The average molecular weight is 215 g/mol. The van der Waals surface area contributed by atoms with Crippen molar-refractivity contribution in [2.75, 3.05) is 27.2 Å². The Balaban J connectivity index is 4.09. The fourth-order valence-electron chi connectivity index (χ4n) is 0.843. The Bertz CT molecular complexity index is 112. The minimum Gasteiger partial charge on any atom is -0.392 e. The van der Waals surface area contributed by atoms with E-state index in [2.05, 4.69) is 0 Å². The van der Waals surface area contributed by atoms with E-state index in [1.165, 1.54) is 21.3 Å². The Morgan fingerprint density at radius 3 is 1.92 bits per heavy atom. The molecule has 0 amide bonds. The summed E-state index contributed by atoms with van der Waals surface area (Å²) in [5, 5.41) is 9.25. The molecule has 0 aliphatic carbocycles. The minimum absolute atomic E-state index is 0.158. The van der Waals surface area contributed by atoms with Gasteiger partial charge in [-0.25, -0.2) is 0 Å². The molecule has 0 saturated heterocycles. The lowest BCUT2D eigenvalue weighted by molar-refractivity contribution is 0.102. The standard InChI is InChI=1S/C6H15ClO4Si/c1-9-12(10-2,11-3)5-6(8)4-7/h6,8H,4-5H2,1-3H3. The molecular formula is C6H15ClO4Si. The van der Waals surface area contributed by atoms with Crippen LogP contribution >= 0.6 is 11.6 Å². The van der Waals surface area contributed by atoms with Crippen molar-refractivity contribution < 1.29 is 18.4 Å². The molecule has 0 bridgehead atoms. The van der Waals surface area contributed by atoms with Crippen molar-refractivity contribution in [2.24, 2.45) is 0 Å². The average Bonchev–Trinajstić information content (AvgIpc) is 2.14. The first-order valence-electron chi connectivity index (χ1n) is 3.53. The summed E-state index contributed by atoms with van der Waals surface area (Å²) in [4.78, 5) is 0. The molecule has 0 aromatic heterocycles. The van der Waals surface area contributed by atoms with Crippen LogP contribution in [0.15, 0.2) is 0 Å². The highest BCUT2D eigenvalue weighted by Gasteiger charge is 2.39. The van der Waals surface area contributed by atoms with E-state index in [0.717, 1.165) is 0 Å². The molecule has 1 unspecified atom stereocenters. The zero-order chi connectivity index (χ0) is 9.61. The van der Waals surface area contributed by atoms with E-state index in [9.17, 15) is 5.11 Å². The first kappa shape index (κ1) is 12.3. The predicted molar refractivity (Wildman–Crippen MR) is 48.3 cm³/mol. The Labute approximate surface area is 78.8 Å². The van der Waals surface area contributed by atoms with E-state index in [-0.39, 0.29) is 5.88 Å². The highest BCUT2D eigenvalue weighted by atomic mass is 35.5. The summed E-state index contributed by atoms with van der Waals surface area (Å²) in [7, 11) is 1.86. The van der Waals surface area contributed by atoms with Gasteiger partial charge in [-0.05, 0) is 0 Å². The van der Waals surface area contributed by atoms with Crippen LogP contribution in [0.25, 0.3) is 0 Å². The molecule has 0 heterocycles. The first-order chi connectivity index (χ1) is 5.64. The van der Waals surface area contributed by atoms with Gasteiger partial charge in [0.2, 0.25) is 0 Å². The second-order valence-electron chi connectivity index (χ2n) is 2.31. The molecule has 74 valence electrons. The molecule has 0 radical (unpaired) electrons. The van der Waals surface area contributed by atoms with Crippen LogP contribution < -0.4 is 0 Å². The monoisotopic (exact) mass is 214 g/mol. The van der Waals surface area contributed by atoms with Gasteiger partial charge in [-0.1, -0.05) is 0 Å². The molecule has 6 heteroatoms. The quantitative estimate of drug-likeness (QED) is 0.516. The summed E-state index contributed by atoms with van der Waals surface area (Å²) < 4.78 is 15.3. The fourth-order valence-corrected chi connectivity index (χ4v) is 2.86. The number of hydrogen-bond acceptors (Lipinski definition) is 4. The normalized spacial score (nSPS) is 14.8. The maximum atomic E-state index is 9.25. The van der Waals surface area contributed by atoms with E-state index < -0.39 is 14.9 Å². The van der Waals surface area contributed by atoms with Crippen LogP contribution in [0.1, 0.15) is 0 Å². The number of rotatable bonds is 6. The first-order valence-corrected chi connectivity index (χ1v) is 6.00. The van der Waals surface area contributed by atoms with Gasteiger partial charge < -0.3 is 18.4 Å². The highest BCUT2D eigenvalue weighted by Crippen LogP contribution is 2.15. The summed E-state index contributed by atoms with van der Waals surface area (Å²) in [5.41, 5.74) is 0. The van der Waals surface area contributed by atoms with E-state index >= 15 is 0 Å². The van der Waals surface area contributed by atoms with Crippen molar-refractivity contribution in [2.45, 2.75) is 12.1 Å². The van der Waals surface area contributed by atoms with Crippen LogP contribution in [-0.2, 0) is 13.3 Å². The van der Waals surface area contributed by atoms with Crippen LogP contribution in [0.4, 0.5) is 0 Å². The third-order valence-corrected chi connectivity index (χ3v) is 4.79. The van der Waals surface area contributed by atoms with E-state index in [0.29, 0.717) is 6.04 Å². The maximum Gasteiger partial charge on any atom is 0.502 e. The molecule has 1 N–H and O–H groups in total. The van der Waals surface area contributed by atoms with Gasteiger partial charge in [-0.15, -0.1) is 11.6 Å². The Morgan fingerprint density at radius 2 is 1.67 bits per heavy atom. The van der Waals surface area contributed by atoms with Gasteiger partial charge >= 0.3 is 8.80 Å². The molecule has 0 aliphatic heterocycles. The third-order valence-electron chi connectivity index (χ3n) is 1.60. The summed E-state index contributed by atoms with van der Waals surface area (Å²) in [6.07, 6.45) is -0.641. The molecule has 0 aromatic carbocycles. The van der Waals surface area contributed by atoms with Crippen molar-refractivity contribution in [1.82, 2.24) is 0 Å². The lowest BCUT2D eigenvalue weighted by Crippen LogP contribution is -2.45. The van der Waals surface area contributed by atoms with Gasteiger partial charge in [0.05, 0.1) is 6.10 Å². The van der Waals surface area contributed by atoms with E-state index in [1.54, 1.807) is 0 Å². The molecular weight excluding hydrogens is 200 g/mol. The topological polar surface area (TPSA) is 47.9 Å². The Hall–Kier alpha value is 0.347. The van der Waals surface area contributed by atoms with Crippen molar-refractivity contribution in [3.63, 3.8) is 0 Å². The number of alkyl halides is 1. The minimum atomic E-state index is -2.64. The molecule has 4 nitrogen and oxygen atoms in total. The molecule has 0 aliphatic rings. The molecule has 0 rings (SSSR count). The molecule has 12 heavy (non-hydrogen) atoms. The van der Waals surface area contributed by atoms with Crippen LogP contribution in [-0.4, -0.2) is 47.2 Å². The summed E-state index contributed by atoms with van der Waals surface area (Å²) in [5.74, 6) is 0.158. The summed E-state index contributed by atoms with van der Waals surface area (Å²) in [6, 6.07) is 0.319. The van der Waals surface area contributed by atoms with Crippen LogP contribution in [0, 0.1) is 0 Å². The molecule has 1 atom stereocenters. The lowest BCUT2D eigenvalue weighted by Gasteiger charge is -2.25. The molecule has 0 aromatic rings. The van der Waals surface area contributed by atoms with Gasteiger partial charge in [0.25, 0.3) is 0 Å². The number of hydrogen-bond donors (Lipinski definition) is 1. The van der Waals surface area contributed by atoms with Gasteiger partial charge in [-0.3, -0.25) is 0 Å². The Morgan fingerprint density at radius 1 is 1.25 bits per heavy atom. The molecule has 0 spiro atoms. The van der Waals surface area contributed by atoms with Crippen molar-refractivity contribution in [1.29, 1.82) is 0 Å². The number of aliphatic hydroxyl groups excluding tert-OH is 1. The van der Waals surface area contributed by atoms with E-state index in [1.807, 2.05) is 0 Å². The molecule has 0 saturated carbocycles. The Kier molecular flexibility index (Phi) is 6.07. The van der Waals surface area contributed by atoms with Crippen molar-refractivity contribution in [3.8, 4) is 0 Å². The third kappa shape index (κ3) is 3.38. The summed E-state index contributed by atoms with van der Waals surface area (Å²) in [6.45, 7) is 0. The zero-order valence-corrected chi connectivity index (χ0v) is 9.30. The SMILES string of the molecule is CO[Si](CC(O)CCl)(OC)OC. The number of aliphatic hydroxyl groups is 1. The van der Waals surface area contributed by atoms with Crippen molar-refractivity contribution in [3.05, 3.63) is 0 Å². The van der Waals surface area contributed by atoms with Crippen LogP contribution in [0.3, 0.4) is 0 Å². The predicted octanol–water partition coefficient (Wildman–Crippen LogP) is 0.464. The maximum absolute atomic E-state index is 9.25. The second-order valence-corrected chi connectivity index (χ2v) is 5.62. The number of halogens is 1. The fraction of sp³-hybridized carbons (Fsp3) is 1.00.